The minimum atomic E-state index is -0.530. The molecule has 4 bridgehead atoms. The molecule has 0 saturated heterocycles. The van der Waals surface area contributed by atoms with Gasteiger partial charge in [-0.05, 0) is 114 Å². The van der Waals surface area contributed by atoms with Crippen LogP contribution in [0.5, 0.6) is 0 Å². The molecular formula is C101H190N13O20+9. The molecule has 770 valence electrons. The monoisotopic (exact) mass is 1910 g/mol. The summed E-state index contributed by atoms with van der Waals surface area (Å²) in [6.07, 6.45) is 19.4. The quantitative estimate of drug-likeness (QED) is 0.0158. The first-order valence-corrected chi connectivity index (χ1v) is 46.9. The number of carbonyl (C=O) groups is 12. The number of nitrogens with one attached hydrogen (secondary N) is 4. The van der Waals surface area contributed by atoms with Crippen LogP contribution in [-0.2, 0) is 90.6 Å². The number of benzene rings is 1. The third-order valence-electron chi connectivity index (χ3n) is 20.3. The van der Waals surface area contributed by atoms with Gasteiger partial charge in [-0.15, -0.1) is 0 Å². The molecule has 33 nitrogen and oxygen atoms in total. The number of hydrogen-bond donors (Lipinski definition) is 4. The molecule has 1 aromatic rings. The van der Waals surface area contributed by atoms with Gasteiger partial charge in [-0.1, -0.05) is 76.9 Å². The highest BCUT2D eigenvalue weighted by atomic mass is 16.6. The predicted octanol–water partition coefficient (Wildman–Crippen LogP) is 8.00. The van der Waals surface area contributed by atoms with Crippen molar-refractivity contribution in [1.82, 2.24) is 21.3 Å². The van der Waals surface area contributed by atoms with Gasteiger partial charge in [-0.2, -0.15) is 0 Å². The third-order valence-corrected chi connectivity index (χ3v) is 20.3. The van der Waals surface area contributed by atoms with Gasteiger partial charge >= 0.3 is 47.8 Å². The molecule has 0 radical (unpaired) electrons. The van der Waals surface area contributed by atoms with Crippen molar-refractivity contribution in [3.05, 3.63) is 110 Å². The molecule has 4 N–H and O–H groups in total. The molecule has 4 amide bonds. The summed E-state index contributed by atoms with van der Waals surface area (Å²) in [6, 6.07) is 8.53. The molecule has 0 spiro atoms. The van der Waals surface area contributed by atoms with Gasteiger partial charge in [0.2, 0.25) is 23.6 Å². The van der Waals surface area contributed by atoms with E-state index in [1.165, 1.54) is 43.9 Å². The highest BCUT2D eigenvalue weighted by molar-refractivity contribution is 5.93. The molecule has 0 aliphatic heterocycles. The molecule has 0 heterocycles. The zero-order valence-electron chi connectivity index (χ0n) is 89.3. The highest BCUT2D eigenvalue weighted by Gasteiger charge is 2.55. The lowest BCUT2D eigenvalue weighted by molar-refractivity contribution is -0.870. The lowest BCUT2D eigenvalue weighted by atomic mass is 9.49. The molecule has 0 atom stereocenters. The normalized spacial score (nSPS) is 16.0. The topological polar surface area (TPSA) is 327 Å². The Bertz CT molecular complexity index is 3580. The van der Waals surface area contributed by atoms with Crippen LogP contribution in [0.4, 0.5) is 0 Å². The minimum absolute atomic E-state index is 0.0206. The van der Waals surface area contributed by atoms with Crippen molar-refractivity contribution in [2.75, 3.05) is 328 Å². The number of amides is 4. The number of nitrogens with zero attached hydrogens (tertiary/aromatic N) is 9. The average molecular weight is 1910 g/mol. The van der Waals surface area contributed by atoms with Crippen LogP contribution >= 0.6 is 0 Å². The number of carbonyl (C=O) groups excluding carboxylic acids is 12. The van der Waals surface area contributed by atoms with Gasteiger partial charge in [0, 0.05) is 61.6 Å². The molecule has 134 heavy (non-hydrogen) atoms. The maximum atomic E-state index is 12.6. The van der Waals surface area contributed by atoms with Gasteiger partial charge in [0.1, 0.15) is 39.5 Å². The third kappa shape index (κ3) is 83.5. The van der Waals surface area contributed by atoms with Crippen LogP contribution in [0.25, 0.3) is 0 Å². The summed E-state index contributed by atoms with van der Waals surface area (Å²) in [6.45, 7) is 38.0. The van der Waals surface area contributed by atoms with E-state index >= 15 is 0 Å². The average Bonchev–Trinajstić information content (AvgIpc) is 0.741. The van der Waals surface area contributed by atoms with Gasteiger partial charge in [0.15, 0.2) is 19.8 Å². The molecular weight excluding hydrogens is 1720 g/mol. The van der Waals surface area contributed by atoms with Crippen LogP contribution in [0.3, 0.4) is 0 Å². The van der Waals surface area contributed by atoms with Gasteiger partial charge in [0.05, 0.1) is 273 Å². The Morgan fingerprint density at radius 3 is 1.01 bits per heavy atom. The van der Waals surface area contributed by atoms with Crippen molar-refractivity contribution >= 4 is 71.4 Å². The van der Waals surface area contributed by atoms with Gasteiger partial charge < -0.3 is 99.5 Å². The van der Waals surface area contributed by atoms with E-state index < -0.39 is 23.9 Å². The first kappa shape index (κ1) is 131. The second-order valence-corrected chi connectivity index (χ2v) is 44.2. The minimum Gasteiger partial charge on any atom is -0.462 e. The lowest BCUT2D eigenvalue weighted by Gasteiger charge is -2.55. The van der Waals surface area contributed by atoms with Gasteiger partial charge in [-0.3, -0.25) is 28.8 Å². The molecule has 1 aromatic carbocycles. The smallest absolute Gasteiger partial charge is 0.344 e. The Morgan fingerprint density at radius 2 is 0.672 bits per heavy atom. The van der Waals surface area contributed by atoms with Crippen LogP contribution in [0.15, 0.2) is 105 Å². The number of quaternary nitrogens is 9. The number of likely N-dealkylation sites (N-methyl/N-ethyl adjacent to an activating group) is 5. The van der Waals surface area contributed by atoms with Crippen molar-refractivity contribution < 1.29 is 136 Å². The number of esters is 8. The Labute approximate surface area is 809 Å². The summed E-state index contributed by atoms with van der Waals surface area (Å²) < 4.78 is 47.7. The predicted molar refractivity (Wildman–Crippen MR) is 532 cm³/mol. The van der Waals surface area contributed by atoms with Gasteiger partial charge in [0.25, 0.3) is 0 Å². The Morgan fingerprint density at radius 1 is 0.351 bits per heavy atom. The first-order valence-electron chi connectivity index (χ1n) is 46.9. The highest BCUT2D eigenvalue weighted by Crippen LogP contribution is 2.60. The summed E-state index contributed by atoms with van der Waals surface area (Å²) in [4.78, 5) is 135. The molecule has 0 unspecified atom stereocenters. The summed E-state index contributed by atoms with van der Waals surface area (Å²) in [5.74, 6) is -1.18. The van der Waals surface area contributed by atoms with E-state index in [1.807, 2.05) is 63.4 Å². The largest absolute Gasteiger partial charge is 0.462 e. The van der Waals surface area contributed by atoms with E-state index in [9.17, 15) is 57.5 Å². The first-order chi connectivity index (χ1) is 61.4. The maximum Gasteiger partial charge on any atom is 0.344 e. The zero-order valence-corrected chi connectivity index (χ0v) is 89.3. The molecule has 5 fully saturated rings. The number of hydrogen-bond acceptors (Lipinski definition) is 20. The lowest BCUT2D eigenvalue weighted by Crippen LogP contribution is -2.50. The summed E-state index contributed by atoms with van der Waals surface area (Å²) in [5, 5.41) is 11.0. The number of rotatable bonds is 46. The van der Waals surface area contributed by atoms with E-state index in [4.69, 9.17) is 37.9 Å². The number of ether oxygens (including phenoxy) is 8. The van der Waals surface area contributed by atoms with E-state index in [-0.39, 0.29) is 78.7 Å². The van der Waals surface area contributed by atoms with Gasteiger partial charge in [-0.25, -0.2) is 28.8 Å². The molecule has 5 saturated carbocycles. The summed E-state index contributed by atoms with van der Waals surface area (Å²) >= 11 is 0. The Kier molecular flexibility index (Phi) is 65.8. The molecule has 5 aliphatic carbocycles. The van der Waals surface area contributed by atoms with E-state index in [2.05, 4.69) is 188 Å². The Balaban J connectivity index is -0.000000719. The second-order valence-electron chi connectivity index (χ2n) is 44.2. The van der Waals surface area contributed by atoms with E-state index in [0.717, 1.165) is 172 Å². The van der Waals surface area contributed by atoms with Crippen molar-refractivity contribution in [2.24, 2.45) is 29.1 Å². The van der Waals surface area contributed by atoms with Crippen molar-refractivity contribution in [2.45, 2.75) is 117 Å². The fourth-order valence-electron chi connectivity index (χ4n) is 13.0. The fourth-order valence-corrected chi connectivity index (χ4v) is 13.0. The summed E-state index contributed by atoms with van der Waals surface area (Å²) in [5.41, 5.74) is 1.73. The van der Waals surface area contributed by atoms with Crippen molar-refractivity contribution in [3.63, 3.8) is 0 Å². The molecule has 0 aromatic heterocycles. The SMILES string of the molecule is C=C(C)C(=O)NCCC[N+](C)(C)C.C=C(C)C(=O)NCC[N+](C)(C)C.C=C(C)C(=O)OCCC[N+](C)(C)C.C=CC(=O)NCCC[N+](C)(C)C.C=CC(=O)NCC[N+](C)(C)C.C=CC(=O)OCCC[N+](C)(C)C.C[N+](C)(C)CCOC(=O)COC(=O)C12CC3CC(CC(C3)C1)C2.C[N+](C)(C)CCOC(=O)COC(=O)C1CCCCC1.C[N+](C)(C)CCOC(=O)COC(=O)c1ccccc1. The van der Waals surface area contributed by atoms with Crippen LogP contribution in [-0.4, -0.2) is 440 Å². The molecule has 5 aliphatic rings. The maximum absolute atomic E-state index is 12.6. The van der Waals surface area contributed by atoms with Crippen LogP contribution in [0, 0.1) is 29.1 Å². The van der Waals surface area contributed by atoms with E-state index in [0.29, 0.717) is 97.2 Å². The van der Waals surface area contributed by atoms with Crippen LogP contribution in [0.1, 0.15) is 127 Å². The second kappa shape index (κ2) is 67.2. The summed E-state index contributed by atoms with van der Waals surface area (Å²) in [7, 11) is 56.2. The van der Waals surface area contributed by atoms with Crippen LogP contribution < -0.4 is 21.3 Å². The zero-order chi connectivity index (χ0) is 104. The fraction of sp³-hybridized carbons (Fsp3) is 0.703. The Hall–Kier alpha value is -9.06. The van der Waals surface area contributed by atoms with Crippen molar-refractivity contribution in [3.8, 4) is 0 Å². The molecule has 6 rings (SSSR count). The van der Waals surface area contributed by atoms with Crippen molar-refractivity contribution in [1.29, 1.82) is 0 Å². The van der Waals surface area contributed by atoms with Crippen LogP contribution in [0.2, 0.25) is 0 Å². The molecule has 33 heteroatoms. The van der Waals surface area contributed by atoms with E-state index in [1.54, 1.807) is 51.1 Å². The standard InChI is InChI=1S/C18H30NO4.C14H26NO4.C14H20NO4.C10H20N2O.C10H20NO2.2C9H18N2O.C9H18NO2.C8H16N2O/c1-19(2,3)4-5-22-16(20)12-23-17(21)18-9-13-6-14(10-18)8-15(7-13)11-18;2*1-15(2,3)9-10-18-13(16)11-19-14(17)12-7-5-4-6-8-12;1-9(2)10(13)11-7-6-8-12(3,4)5;1-9(2)10(12)13-8-6-7-11(3,4)5;1-8(2)9(12)10-6-7-11(3,4)5;1-5-9(12)10-7-6-8-11(2,3)4;1-5-9(11)12-8-6-7-10(2,3)4;1-5-8(11)9-6-7-10(2,3)4/h13-15H,4-12H2,1-3H3;12H,4-11H2,1-3H3;4-8H,9-11H2,1-3H3;2*1,6-8H2,2-5H3;1,6-7H2,2-5H3;2*5H,1,6-8H2,2-4H3;5H,1,6-7H2,2-4H3/q3*+1;;+1;;;+1;/p+4.